The average Bonchev–Trinajstić information content (AvgIpc) is 2.68. The van der Waals surface area contributed by atoms with E-state index >= 15 is 0 Å². The van der Waals surface area contributed by atoms with Crippen molar-refractivity contribution in [2.45, 2.75) is 18.7 Å². The van der Waals surface area contributed by atoms with Crippen LogP contribution in [0.3, 0.4) is 0 Å². The summed E-state index contributed by atoms with van der Waals surface area (Å²) in [5, 5.41) is 2.94. The molecule has 0 atom stereocenters. The third kappa shape index (κ3) is 5.14. The molecular formula is C22H19FN2O3S. The van der Waals surface area contributed by atoms with Gasteiger partial charge in [0.25, 0.3) is 10.0 Å². The highest BCUT2D eigenvalue weighted by Gasteiger charge is 2.16. The molecule has 0 bridgehead atoms. The molecule has 148 valence electrons. The number of carbonyl (C=O) groups excluding carboxylic acids is 1. The lowest BCUT2D eigenvalue weighted by atomic mass is 10.1. The zero-order valence-corrected chi connectivity index (χ0v) is 16.7. The van der Waals surface area contributed by atoms with Crippen molar-refractivity contribution in [3.63, 3.8) is 0 Å². The Morgan fingerprint density at radius 2 is 1.59 bits per heavy atom. The number of anilines is 1. The molecule has 0 amide bonds. The second kappa shape index (κ2) is 8.36. The molecule has 3 aromatic carbocycles. The summed E-state index contributed by atoms with van der Waals surface area (Å²) in [6.07, 6.45) is 0. The van der Waals surface area contributed by atoms with E-state index in [4.69, 9.17) is 0 Å². The van der Waals surface area contributed by atoms with Crippen LogP contribution in [0.2, 0.25) is 0 Å². The predicted molar refractivity (Wildman–Crippen MR) is 111 cm³/mol. The minimum atomic E-state index is -4.02. The Balaban J connectivity index is 2.06. The van der Waals surface area contributed by atoms with Crippen LogP contribution in [-0.2, 0) is 10.0 Å². The van der Waals surface area contributed by atoms with E-state index in [2.05, 4.69) is 9.71 Å². The molecule has 0 aliphatic heterocycles. The van der Waals surface area contributed by atoms with Crippen LogP contribution in [0.15, 0.2) is 82.1 Å². The Labute approximate surface area is 169 Å². The van der Waals surface area contributed by atoms with Gasteiger partial charge in [0.1, 0.15) is 5.82 Å². The summed E-state index contributed by atoms with van der Waals surface area (Å²) in [5.41, 5.74) is 2.26. The second-order valence-corrected chi connectivity index (χ2v) is 8.10. The first-order valence-corrected chi connectivity index (χ1v) is 10.2. The lowest BCUT2D eigenvalue weighted by Crippen LogP contribution is -2.16. The van der Waals surface area contributed by atoms with E-state index in [9.17, 15) is 17.6 Å². The number of halogens is 1. The number of amidine groups is 1. The second-order valence-electron chi connectivity index (χ2n) is 6.50. The van der Waals surface area contributed by atoms with Crippen molar-refractivity contribution in [2.24, 2.45) is 4.40 Å². The van der Waals surface area contributed by atoms with Crippen molar-refractivity contribution in [1.82, 2.24) is 0 Å². The van der Waals surface area contributed by atoms with Gasteiger partial charge in [0, 0.05) is 16.8 Å². The van der Waals surface area contributed by atoms with Gasteiger partial charge in [0.2, 0.25) is 0 Å². The number of hydrogen-bond acceptors (Lipinski definition) is 3. The van der Waals surface area contributed by atoms with Crippen LogP contribution in [0.4, 0.5) is 10.1 Å². The first-order valence-electron chi connectivity index (χ1n) is 8.80. The molecule has 0 aliphatic rings. The fourth-order valence-corrected chi connectivity index (χ4v) is 3.57. The van der Waals surface area contributed by atoms with Crippen LogP contribution in [0, 0.1) is 12.7 Å². The van der Waals surface area contributed by atoms with Gasteiger partial charge < -0.3 is 5.32 Å². The van der Waals surface area contributed by atoms with Crippen molar-refractivity contribution in [2.75, 3.05) is 5.32 Å². The Morgan fingerprint density at radius 3 is 2.21 bits per heavy atom. The molecule has 7 heteroatoms. The average molecular weight is 410 g/mol. The van der Waals surface area contributed by atoms with Crippen molar-refractivity contribution in [3.8, 4) is 0 Å². The highest BCUT2D eigenvalue weighted by atomic mass is 32.2. The summed E-state index contributed by atoms with van der Waals surface area (Å²) in [7, 11) is -4.02. The minimum Gasteiger partial charge on any atom is -0.339 e. The number of ketones is 1. The van der Waals surface area contributed by atoms with E-state index in [1.54, 1.807) is 36.4 Å². The Kier molecular flexibility index (Phi) is 5.89. The summed E-state index contributed by atoms with van der Waals surface area (Å²) >= 11 is 0. The number of rotatable bonds is 5. The largest absolute Gasteiger partial charge is 0.339 e. The maximum Gasteiger partial charge on any atom is 0.284 e. The van der Waals surface area contributed by atoms with Gasteiger partial charge >= 0.3 is 0 Å². The highest BCUT2D eigenvalue weighted by molar-refractivity contribution is 7.90. The summed E-state index contributed by atoms with van der Waals surface area (Å²) in [4.78, 5) is 11.7. The molecule has 5 nitrogen and oxygen atoms in total. The van der Waals surface area contributed by atoms with Crippen LogP contribution in [0.5, 0.6) is 0 Å². The van der Waals surface area contributed by atoms with E-state index < -0.39 is 15.8 Å². The number of Topliss-reactive ketones (excluding diaryl/α,β-unsaturated/α-hetero) is 1. The summed E-state index contributed by atoms with van der Waals surface area (Å²) in [6.45, 7) is 3.29. The molecule has 0 saturated heterocycles. The van der Waals surface area contributed by atoms with Crippen LogP contribution in [-0.4, -0.2) is 20.0 Å². The fourth-order valence-electron chi connectivity index (χ4n) is 2.59. The van der Waals surface area contributed by atoms with E-state index in [1.807, 2.05) is 6.92 Å². The molecule has 1 N–H and O–H groups in total. The molecule has 0 aromatic heterocycles. The predicted octanol–water partition coefficient (Wildman–Crippen LogP) is 4.58. The highest BCUT2D eigenvalue weighted by Crippen LogP contribution is 2.18. The van der Waals surface area contributed by atoms with Gasteiger partial charge in [-0.05, 0) is 62.4 Å². The normalized spacial score (nSPS) is 11.9. The molecule has 0 spiro atoms. The Bertz CT molecular complexity index is 1170. The Morgan fingerprint density at radius 1 is 0.931 bits per heavy atom. The molecule has 0 fully saturated rings. The van der Waals surface area contributed by atoms with Gasteiger partial charge in [-0.25, -0.2) is 4.39 Å². The zero-order valence-electron chi connectivity index (χ0n) is 15.9. The third-order valence-electron chi connectivity index (χ3n) is 4.18. The van der Waals surface area contributed by atoms with Crippen molar-refractivity contribution in [3.05, 3.63) is 95.3 Å². The number of sulfonamides is 1. The monoisotopic (exact) mass is 410 g/mol. The van der Waals surface area contributed by atoms with Gasteiger partial charge in [-0.1, -0.05) is 29.8 Å². The molecule has 0 saturated carbocycles. The molecule has 29 heavy (non-hydrogen) atoms. The standard InChI is InChI=1S/C22H19FN2O3S/c1-15-6-12-21(13-7-15)29(27,28)25-22(17-8-10-19(23)11-9-17)24-20-5-3-4-18(14-20)16(2)26/h3-14H,1-2H3,(H,24,25). The van der Waals surface area contributed by atoms with Gasteiger partial charge in [-0.3, -0.25) is 4.79 Å². The van der Waals surface area contributed by atoms with Gasteiger partial charge in [-0.2, -0.15) is 8.42 Å². The molecular weight excluding hydrogens is 391 g/mol. The van der Waals surface area contributed by atoms with Crippen molar-refractivity contribution < 1.29 is 17.6 Å². The smallest absolute Gasteiger partial charge is 0.284 e. The number of nitrogens with one attached hydrogen (secondary N) is 1. The lowest BCUT2D eigenvalue weighted by molar-refractivity contribution is 0.101. The maximum atomic E-state index is 13.3. The lowest BCUT2D eigenvalue weighted by Gasteiger charge is -2.12. The van der Waals surface area contributed by atoms with E-state index in [1.165, 1.54) is 43.3 Å². The van der Waals surface area contributed by atoms with E-state index in [-0.39, 0.29) is 16.5 Å². The number of nitrogens with zero attached hydrogens (tertiary/aromatic N) is 1. The first kappa shape index (κ1) is 20.4. The van der Waals surface area contributed by atoms with E-state index in [0.29, 0.717) is 16.8 Å². The fraction of sp³-hybridized carbons (Fsp3) is 0.0909. The molecule has 3 rings (SSSR count). The summed E-state index contributed by atoms with van der Waals surface area (Å²) in [5.74, 6) is -0.555. The summed E-state index contributed by atoms with van der Waals surface area (Å²) in [6, 6.07) is 18.2. The molecule has 3 aromatic rings. The zero-order chi connectivity index (χ0) is 21.0. The van der Waals surface area contributed by atoms with Crippen molar-refractivity contribution >= 4 is 27.3 Å². The van der Waals surface area contributed by atoms with Crippen LogP contribution >= 0.6 is 0 Å². The van der Waals surface area contributed by atoms with Gasteiger partial charge in [-0.15, -0.1) is 4.40 Å². The molecule has 0 unspecified atom stereocenters. The number of aryl methyl sites for hydroxylation is 1. The van der Waals surface area contributed by atoms with Crippen molar-refractivity contribution in [1.29, 1.82) is 0 Å². The third-order valence-corrected chi connectivity index (χ3v) is 5.47. The molecule has 0 radical (unpaired) electrons. The Hall–Kier alpha value is -3.32. The maximum absolute atomic E-state index is 13.3. The van der Waals surface area contributed by atoms with Crippen LogP contribution in [0.25, 0.3) is 0 Å². The number of benzene rings is 3. The first-order chi connectivity index (χ1) is 13.7. The topological polar surface area (TPSA) is 75.6 Å². The number of carbonyl (C=O) groups is 1. The van der Waals surface area contributed by atoms with Crippen LogP contribution < -0.4 is 5.32 Å². The van der Waals surface area contributed by atoms with Gasteiger partial charge in [0.15, 0.2) is 11.6 Å². The quantitative estimate of drug-likeness (QED) is 0.379. The number of hydrogen-bond donors (Lipinski definition) is 1. The molecule has 0 aliphatic carbocycles. The van der Waals surface area contributed by atoms with Crippen LogP contribution in [0.1, 0.15) is 28.4 Å². The SMILES string of the molecule is CC(=O)c1cccc(N/C(=N/S(=O)(=O)c2ccc(C)cc2)c2ccc(F)cc2)c1. The molecule has 0 heterocycles. The minimum absolute atomic E-state index is 0.0197. The van der Waals surface area contributed by atoms with Gasteiger partial charge in [0.05, 0.1) is 4.90 Å². The summed E-state index contributed by atoms with van der Waals surface area (Å²) < 4.78 is 42.9. The van der Waals surface area contributed by atoms with E-state index in [0.717, 1.165) is 5.56 Å².